The zero-order chi connectivity index (χ0) is 31.7. The molecule has 2 amide bonds. The number of benzene rings is 4. The Balaban J connectivity index is 1.80. The zero-order valence-electron chi connectivity index (χ0n) is 25.8. The van der Waals surface area contributed by atoms with Gasteiger partial charge in [0.2, 0.25) is 11.8 Å². The molecule has 0 aliphatic heterocycles. The van der Waals surface area contributed by atoms with E-state index in [2.05, 4.69) is 5.32 Å². The van der Waals surface area contributed by atoms with E-state index in [-0.39, 0.29) is 29.8 Å². The molecule has 0 aliphatic rings. The van der Waals surface area contributed by atoms with Gasteiger partial charge in [-0.3, -0.25) is 13.9 Å². The van der Waals surface area contributed by atoms with Crippen LogP contribution in [0.5, 0.6) is 0 Å². The lowest BCUT2D eigenvalue weighted by Gasteiger charge is -2.34. The number of hydrogen-bond acceptors (Lipinski definition) is 4. The minimum atomic E-state index is -4.12. The van der Waals surface area contributed by atoms with E-state index in [0.29, 0.717) is 5.69 Å². The molecule has 2 atom stereocenters. The summed E-state index contributed by atoms with van der Waals surface area (Å²) in [5.74, 6) is -0.759. The van der Waals surface area contributed by atoms with Gasteiger partial charge in [0.15, 0.2) is 0 Å². The molecule has 0 aromatic heterocycles. The molecule has 0 saturated heterocycles. The predicted molar refractivity (Wildman–Crippen MR) is 176 cm³/mol. The lowest BCUT2D eigenvalue weighted by Crippen LogP contribution is -2.54. The van der Waals surface area contributed by atoms with Crippen molar-refractivity contribution in [2.24, 2.45) is 0 Å². The van der Waals surface area contributed by atoms with Crippen LogP contribution in [0.25, 0.3) is 0 Å². The highest BCUT2D eigenvalue weighted by atomic mass is 32.2. The molecule has 0 heterocycles. The fourth-order valence-corrected chi connectivity index (χ4v) is 6.34. The maximum atomic E-state index is 14.5. The monoisotopic (exact) mass is 611 g/mol. The van der Waals surface area contributed by atoms with Gasteiger partial charge >= 0.3 is 0 Å². The van der Waals surface area contributed by atoms with Gasteiger partial charge in [-0.15, -0.1) is 0 Å². The van der Waals surface area contributed by atoms with Gasteiger partial charge in [-0.25, -0.2) is 8.42 Å². The van der Waals surface area contributed by atoms with Crippen molar-refractivity contribution in [3.8, 4) is 0 Å². The minimum Gasteiger partial charge on any atom is -0.352 e. The Kier molecular flexibility index (Phi) is 11.0. The summed E-state index contributed by atoms with van der Waals surface area (Å²) in [5.41, 5.74) is 4.03. The Bertz CT molecular complexity index is 1640. The molecule has 1 N–H and O–H groups in total. The van der Waals surface area contributed by atoms with Crippen molar-refractivity contribution in [3.05, 3.63) is 131 Å². The van der Waals surface area contributed by atoms with Crippen molar-refractivity contribution in [1.29, 1.82) is 0 Å². The van der Waals surface area contributed by atoms with Gasteiger partial charge in [0.05, 0.1) is 10.6 Å². The summed E-state index contributed by atoms with van der Waals surface area (Å²) < 4.78 is 29.3. The first kappa shape index (κ1) is 32.5. The number of hydrogen-bond donors (Lipinski definition) is 1. The van der Waals surface area contributed by atoms with Crippen LogP contribution < -0.4 is 9.62 Å². The first-order chi connectivity index (χ1) is 21.1. The van der Waals surface area contributed by atoms with Gasteiger partial charge in [0.25, 0.3) is 10.0 Å². The number of carbonyl (C=O) groups is 2. The molecule has 0 bridgehead atoms. The summed E-state index contributed by atoms with van der Waals surface area (Å²) in [5, 5.41) is 3.07. The van der Waals surface area contributed by atoms with Gasteiger partial charge in [0.1, 0.15) is 12.6 Å². The van der Waals surface area contributed by atoms with Crippen LogP contribution in [-0.2, 0) is 32.6 Å². The standard InChI is InChI=1S/C36H41N3O4S/c1-5-29(4)37-36(41)34(24-30-15-8-6-9-16-30)38(25-31-17-13-12-14-28(31)3)35(40)26-39(32-18-10-7-11-19-32)44(42,43)33-22-20-27(2)21-23-33/h6-23,29,34H,5,24-26H2,1-4H3,(H,37,41)/t29-,34+/m0/s1. The lowest BCUT2D eigenvalue weighted by atomic mass is 10.0. The van der Waals surface area contributed by atoms with E-state index in [9.17, 15) is 18.0 Å². The summed E-state index contributed by atoms with van der Waals surface area (Å²) in [7, 11) is -4.12. The Morgan fingerprint density at radius 3 is 2.00 bits per heavy atom. The second-order valence-corrected chi connectivity index (χ2v) is 13.0. The average Bonchev–Trinajstić information content (AvgIpc) is 3.03. The number of sulfonamides is 1. The molecule has 4 aromatic rings. The molecule has 44 heavy (non-hydrogen) atoms. The highest BCUT2D eigenvalue weighted by Crippen LogP contribution is 2.25. The van der Waals surface area contributed by atoms with Crippen LogP contribution in [-0.4, -0.2) is 43.8 Å². The molecule has 0 aliphatic carbocycles. The molecule has 8 heteroatoms. The summed E-state index contributed by atoms with van der Waals surface area (Å²) in [6, 6.07) is 31.5. The Labute approximate surface area is 261 Å². The molecule has 0 unspecified atom stereocenters. The first-order valence-corrected chi connectivity index (χ1v) is 16.4. The molecule has 4 rings (SSSR count). The highest BCUT2D eigenvalue weighted by Gasteiger charge is 2.35. The molecular formula is C36H41N3O4S. The van der Waals surface area contributed by atoms with Gasteiger partial charge in [-0.05, 0) is 68.1 Å². The van der Waals surface area contributed by atoms with Gasteiger partial charge in [0, 0.05) is 19.0 Å². The van der Waals surface area contributed by atoms with E-state index in [1.54, 1.807) is 54.6 Å². The largest absolute Gasteiger partial charge is 0.352 e. The number of carbonyl (C=O) groups excluding carboxylic acids is 2. The molecule has 0 fully saturated rings. The molecule has 7 nitrogen and oxygen atoms in total. The Morgan fingerprint density at radius 1 is 0.795 bits per heavy atom. The van der Waals surface area contributed by atoms with E-state index in [1.165, 1.54) is 4.90 Å². The van der Waals surface area contributed by atoms with E-state index in [0.717, 1.165) is 33.0 Å². The summed E-state index contributed by atoms with van der Waals surface area (Å²) in [6.07, 6.45) is 1.00. The minimum absolute atomic E-state index is 0.0838. The molecule has 0 saturated carbocycles. The number of aryl methyl sites for hydroxylation is 2. The molecule has 0 radical (unpaired) electrons. The zero-order valence-corrected chi connectivity index (χ0v) is 26.6. The van der Waals surface area contributed by atoms with Crippen LogP contribution in [0.3, 0.4) is 0 Å². The number of anilines is 1. The number of nitrogens with zero attached hydrogens (tertiary/aromatic N) is 2. The highest BCUT2D eigenvalue weighted by molar-refractivity contribution is 7.92. The van der Waals surface area contributed by atoms with Gasteiger partial charge in [-0.2, -0.15) is 0 Å². The summed E-state index contributed by atoms with van der Waals surface area (Å²) >= 11 is 0. The maximum Gasteiger partial charge on any atom is 0.264 e. The molecule has 0 spiro atoms. The number of amides is 2. The first-order valence-electron chi connectivity index (χ1n) is 14.9. The van der Waals surface area contributed by atoms with Crippen LogP contribution in [0, 0.1) is 13.8 Å². The fraction of sp³-hybridized carbons (Fsp3) is 0.278. The number of rotatable bonds is 13. The molecule has 230 valence electrons. The third kappa shape index (κ3) is 8.14. The van der Waals surface area contributed by atoms with E-state index < -0.39 is 28.5 Å². The third-order valence-electron chi connectivity index (χ3n) is 7.81. The van der Waals surface area contributed by atoms with Crippen LogP contribution >= 0.6 is 0 Å². The average molecular weight is 612 g/mol. The van der Waals surface area contributed by atoms with Crippen LogP contribution in [0.4, 0.5) is 5.69 Å². The molecular weight excluding hydrogens is 570 g/mol. The quantitative estimate of drug-likeness (QED) is 0.199. The van der Waals surface area contributed by atoms with Gasteiger partial charge < -0.3 is 10.2 Å². The van der Waals surface area contributed by atoms with Gasteiger partial charge in [-0.1, -0.05) is 97.4 Å². The van der Waals surface area contributed by atoms with E-state index >= 15 is 0 Å². The summed E-state index contributed by atoms with van der Waals surface area (Å²) in [6.45, 7) is 7.42. The maximum absolute atomic E-state index is 14.5. The second-order valence-electron chi connectivity index (χ2n) is 11.1. The number of para-hydroxylation sites is 1. The Hall–Kier alpha value is -4.43. The lowest BCUT2D eigenvalue weighted by molar-refractivity contribution is -0.140. The predicted octanol–water partition coefficient (Wildman–Crippen LogP) is 6.05. The van der Waals surface area contributed by atoms with E-state index in [4.69, 9.17) is 0 Å². The fourth-order valence-electron chi connectivity index (χ4n) is 4.93. The Morgan fingerprint density at radius 2 is 1.39 bits per heavy atom. The van der Waals surface area contributed by atoms with Crippen LogP contribution in [0.2, 0.25) is 0 Å². The smallest absolute Gasteiger partial charge is 0.264 e. The van der Waals surface area contributed by atoms with Crippen LogP contribution in [0.1, 0.15) is 42.5 Å². The van der Waals surface area contributed by atoms with E-state index in [1.807, 2.05) is 82.3 Å². The van der Waals surface area contributed by atoms with Crippen molar-refractivity contribution in [3.63, 3.8) is 0 Å². The topological polar surface area (TPSA) is 86.8 Å². The normalized spacial score (nSPS) is 12.6. The molecule has 4 aromatic carbocycles. The van der Waals surface area contributed by atoms with Crippen molar-refractivity contribution < 1.29 is 18.0 Å². The SMILES string of the molecule is CC[C@H](C)NC(=O)[C@@H](Cc1ccccc1)N(Cc1ccccc1C)C(=O)CN(c1ccccc1)S(=O)(=O)c1ccc(C)cc1. The second kappa shape index (κ2) is 14.8. The van der Waals surface area contributed by atoms with Crippen LogP contribution in [0.15, 0.2) is 114 Å². The van der Waals surface area contributed by atoms with Crippen molar-refractivity contribution >= 4 is 27.5 Å². The summed E-state index contributed by atoms with van der Waals surface area (Å²) in [4.78, 5) is 30.0. The number of nitrogens with one attached hydrogen (secondary N) is 1. The third-order valence-corrected chi connectivity index (χ3v) is 9.59. The van der Waals surface area contributed by atoms with Crippen molar-refractivity contribution in [1.82, 2.24) is 10.2 Å². The van der Waals surface area contributed by atoms with Crippen molar-refractivity contribution in [2.45, 2.75) is 64.1 Å². The van der Waals surface area contributed by atoms with Crippen molar-refractivity contribution in [2.75, 3.05) is 10.8 Å².